The highest BCUT2D eigenvalue weighted by atomic mass is 35.5. The molecule has 0 amide bonds. The number of aromatic nitrogens is 2. The van der Waals surface area contributed by atoms with Crippen LogP contribution in [-0.4, -0.2) is 16.2 Å². The number of hydrazone groups is 1. The van der Waals surface area contributed by atoms with Crippen LogP contribution in [-0.2, 0) is 0 Å². The van der Waals surface area contributed by atoms with E-state index in [9.17, 15) is 0 Å². The first-order valence-electron chi connectivity index (χ1n) is 7.59. The average molecular weight is 337 g/mol. The Balaban J connectivity index is 1.88. The lowest BCUT2D eigenvalue weighted by atomic mass is 10.2. The summed E-state index contributed by atoms with van der Waals surface area (Å²) in [6.07, 6.45) is 1.68. The summed E-state index contributed by atoms with van der Waals surface area (Å²) in [5, 5.41) is 4.92. The van der Waals surface area contributed by atoms with E-state index in [1.807, 2.05) is 68.4 Å². The van der Waals surface area contributed by atoms with Crippen molar-refractivity contribution < 1.29 is 0 Å². The van der Waals surface area contributed by atoms with Crippen molar-refractivity contribution >= 4 is 23.6 Å². The van der Waals surface area contributed by atoms with E-state index in [1.165, 1.54) is 0 Å². The van der Waals surface area contributed by atoms with Crippen molar-refractivity contribution in [3.05, 3.63) is 76.4 Å². The molecule has 0 saturated heterocycles. The van der Waals surface area contributed by atoms with Gasteiger partial charge in [-0.3, -0.25) is 5.43 Å². The van der Waals surface area contributed by atoms with Gasteiger partial charge in [0.05, 0.1) is 6.21 Å². The molecule has 120 valence electrons. The second-order valence-electron chi connectivity index (χ2n) is 5.36. The molecule has 0 bridgehead atoms. The van der Waals surface area contributed by atoms with E-state index in [0.29, 0.717) is 16.7 Å². The second-order valence-corrected chi connectivity index (χ2v) is 5.77. The van der Waals surface area contributed by atoms with Gasteiger partial charge in [-0.25, -0.2) is 9.97 Å². The Kier molecular flexibility index (Phi) is 4.87. The molecule has 3 aromatic rings. The molecular weight excluding hydrogens is 320 g/mol. The summed E-state index contributed by atoms with van der Waals surface area (Å²) >= 11 is 6.12. The van der Waals surface area contributed by atoms with Gasteiger partial charge in [-0.05, 0) is 19.9 Å². The van der Waals surface area contributed by atoms with E-state index in [1.54, 1.807) is 6.21 Å². The molecule has 1 aromatic heterocycles. The first-order chi connectivity index (χ1) is 11.6. The van der Waals surface area contributed by atoms with E-state index < -0.39 is 0 Å². The second kappa shape index (κ2) is 7.23. The maximum Gasteiger partial charge on any atom is 0.161 e. The van der Waals surface area contributed by atoms with Crippen LogP contribution in [0.4, 0.5) is 5.82 Å². The van der Waals surface area contributed by atoms with Crippen LogP contribution in [0.2, 0.25) is 5.02 Å². The Morgan fingerprint density at radius 1 is 0.958 bits per heavy atom. The molecular formula is C19H17ClN4. The summed E-state index contributed by atoms with van der Waals surface area (Å²) in [5.41, 5.74) is 6.70. The van der Waals surface area contributed by atoms with Crippen LogP contribution in [0, 0.1) is 13.8 Å². The molecule has 0 spiro atoms. The summed E-state index contributed by atoms with van der Waals surface area (Å²) in [6.45, 7) is 3.93. The van der Waals surface area contributed by atoms with Crippen molar-refractivity contribution in [2.75, 3.05) is 5.43 Å². The fraction of sp³-hybridized carbons (Fsp3) is 0.105. The van der Waals surface area contributed by atoms with Gasteiger partial charge in [0, 0.05) is 27.4 Å². The van der Waals surface area contributed by atoms with E-state index in [4.69, 9.17) is 11.6 Å². The minimum atomic E-state index is 0.656. The van der Waals surface area contributed by atoms with Gasteiger partial charge >= 0.3 is 0 Å². The molecule has 0 unspecified atom stereocenters. The molecule has 0 aliphatic carbocycles. The maximum absolute atomic E-state index is 6.12. The summed E-state index contributed by atoms with van der Waals surface area (Å²) in [7, 11) is 0. The number of halogens is 1. The smallest absolute Gasteiger partial charge is 0.161 e. The summed E-state index contributed by atoms with van der Waals surface area (Å²) in [4.78, 5) is 9.15. The van der Waals surface area contributed by atoms with E-state index >= 15 is 0 Å². The van der Waals surface area contributed by atoms with Crippen LogP contribution in [0.3, 0.4) is 0 Å². The largest absolute Gasteiger partial charge is 0.261 e. The number of aryl methyl sites for hydroxylation is 1. The highest BCUT2D eigenvalue weighted by Crippen LogP contribution is 2.21. The number of anilines is 1. The van der Waals surface area contributed by atoms with Crippen molar-refractivity contribution in [2.24, 2.45) is 5.10 Å². The minimum absolute atomic E-state index is 0.656. The van der Waals surface area contributed by atoms with Gasteiger partial charge in [-0.2, -0.15) is 5.10 Å². The van der Waals surface area contributed by atoms with E-state index in [2.05, 4.69) is 20.5 Å². The molecule has 5 heteroatoms. The van der Waals surface area contributed by atoms with E-state index in [0.717, 1.165) is 22.4 Å². The lowest BCUT2D eigenvalue weighted by Gasteiger charge is -2.09. The molecule has 0 aliphatic heterocycles. The van der Waals surface area contributed by atoms with Crippen molar-refractivity contribution in [2.45, 2.75) is 13.8 Å². The quantitative estimate of drug-likeness (QED) is 0.546. The first-order valence-corrected chi connectivity index (χ1v) is 7.97. The van der Waals surface area contributed by atoms with Crippen LogP contribution in [0.15, 0.2) is 59.7 Å². The zero-order chi connectivity index (χ0) is 16.9. The Hall–Kier alpha value is -2.72. The standard InChI is InChI=1S/C19H17ClN4/c1-13-14(2)22-19(15-8-4-3-5-9-15)23-18(13)24-21-12-16-10-6-7-11-17(16)20/h3-12H,1-2H3,(H,22,23,24)/b21-12-. The number of hydrogen-bond acceptors (Lipinski definition) is 4. The van der Waals surface area contributed by atoms with Crippen LogP contribution in [0.1, 0.15) is 16.8 Å². The Morgan fingerprint density at radius 3 is 2.42 bits per heavy atom. The van der Waals surface area contributed by atoms with E-state index in [-0.39, 0.29) is 0 Å². The Morgan fingerprint density at radius 2 is 1.67 bits per heavy atom. The predicted molar refractivity (Wildman–Crippen MR) is 99.6 cm³/mol. The van der Waals surface area contributed by atoms with Crippen molar-refractivity contribution in [1.82, 2.24) is 9.97 Å². The Labute approximate surface area is 146 Å². The van der Waals surface area contributed by atoms with Gasteiger partial charge in [-0.15, -0.1) is 0 Å². The van der Waals surface area contributed by atoms with Crippen LogP contribution in [0.5, 0.6) is 0 Å². The minimum Gasteiger partial charge on any atom is -0.261 e. The zero-order valence-electron chi connectivity index (χ0n) is 13.5. The molecule has 24 heavy (non-hydrogen) atoms. The number of rotatable bonds is 4. The van der Waals surface area contributed by atoms with Gasteiger partial charge in [0.25, 0.3) is 0 Å². The zero-order valence-corrected chi connectivity index (χ0v) is 14.2. The molecule has 0 aliphatic rings. The fourth-order valence-electron chi connectivity index (χ4n) is 2.20. The highest BCUT2D eigenvalue weighted by molar-refractivity contribution is 6.33. The van der Waals surface area contributed by atoms with Gasteiger partial charge in [-0.1, -0.05) is 60.1 Å². The average Bonchev–Trinajstić information content (AvgIpc) is 2.61. The molecule has 0 radical (unpaired) electrons. The van der Waals surface area contributed by atoms with Gasteiger partial charge in [0.1, 0.15) is 0 Å². The molecule has 4 nitrogen and oxygen atoms in total. The summed E-state index contributed by atoms with van der Waals surface area (Å²) in [5.74, 6) is 1.36. The fourth-order valence-corrected chi connectivity index (χ4v) is 2.38. The molecule has 1 heterocycles. The van der Waals surface area contributed by atoms with Crippen LogP contribution >= 0.6 is 11.6 Å². The van der Waals surface area contributed by atoms with Crippen molar-refractivity contribution in [3.63, 3.8) is 0 Å². The number of nitrogens with zero attached hydrogens (tertiary/aromatic N) is 3. The van der Waals surface area contributed by atoms with Crippen LogP contribution in [0.25, 0.3) is 11.4 Å². The topological polar surface area (TPSA) is 50.2 Å². The lowest BCUT2D eigenvalue weighted by Crippen LogP contribution is -2.03. The SMILES string of the molecule is Cc1nc(-c2ccccc2)nc(N/N=C\c2ccccc2Cl)c1C. The highest BCUT2D eigenvalue weighted by Gasteiger charge is 2.09. The summed E-state index contributed by atoms with van der Waals surface area (Å²) < 4.78 is 0. The number of benzene rings is 2. The van der Waals surface area contributed by atoms with Gasteiger partial charge < -0.3 is 0 Å². The first kappa shape index (κ1) is 16.1. The third-order valence-corrected chi connectivity index (χ3v) is 4.04. The molecule has 1 N–H and O–H groups in total. The lowest BCUT2D eigenvalue weighted by molar-refractivity contribution is 1.06. The van der Waals surface area contributed by atoms with Crippen molar-refractivity contribution in [1.29, 1.82) is 0 Å². The molecule has 0 atom stereocenters. The maximum atomic E-state index is 6.12. The molecule has 2 aromatic carbocycles. The predicted octanol–water partition coefficient (Wildman–Crippen LogP) is 4.86. The number of nitrogens with one attached hydrogen (secondary N) is 1. The van der Waals surface area contributed by atoms with Gasteiger partial charge in [0.15, 0.2) is 11.6 Å². The normalized spacial score (nSPS) is 11.0. The Bertz CT molecular complexity index is 876. The third kappa shape index (κ3) is 3.60. The summed E-state index contributed by atoms with van der Waals surface area (Å²) in [6, 6.07) is 17.4. The monoisotopic (exact) mass is 336 g/mol. The van der Waals surface area contributed by atoms with Crippen LogP contribution < -0.4 is 5.43 Å². The molecule has 3 rings (SSSR count). The molecule has 0 saturated carbocycles. The number of hydrogen-bond donors (Lipinski definition) is 1. The molecule has 0 fully saturated rings. The van der Waals surface area contributed by atoms with Crippen molar-refractivity contribution in [3.8, 4) is 11.4 Å². The third-order valence-electron chi connectivity index (χ3n) is 3.70. The van der Waals surface area contributed by atoms with Gasteiger partial charge in [0.2, 0.25) is 0 Å².